The third-order valence-electron chi connectivity index (χ3n) is 8.55. The topological polar surface area (TPSA) is 335 Å². The first-order valence-corrected chi connectivity index (χ1v) is 35.6. The van der Waals surface area contributed by atoms with Gasteiger partial charge in [0.25, 0.3) is 0 Å². The molecule has 0 saturated carbocycles. The van der Waals surface area contributed by atoms with E-state index < -0.39 is 216 Å². The van der Waals surface area contributed by atoms with Crippen molar-refractivity contribution in [3.05, 3.63) is 0 Å². The minimum atomic E-state index is -4.53. The normalized spacial score (nSPS) is 23.8. The van der Waals surface area contributed by atoms with Gasteiger partial charge in [0.2, 0.25) is 0 Å². The molecule has 30 nitrogen and oxygen atoms in total. The summed E-state index contributed by atoms with van der Waals surface area (Å²) in [7, 11) is 0. The van der Waals surface area contributed by atoms with E-state index in [2.05, 4.69) is 0 Å². The maximum absolute atomic E-state index is 12.9. The van der Waals surface area contributed by atoms with Crippen LogP contribution in [-0.4, -0.2) is 311 Å². The Morgan fingerprint density at radius 2 is 0.609 bits per heavy atom. The molecule has 34 heteroatoms. The van der Waals surface area contributed by atoms with Crippen LogP contribution in [0.2, 0.25) is 0 Å². The molecular weight excluding hydrogens is 1660 g/mol. The summed E-state index contributed by atoms with van der Waals surface area (Å²) in [6.07, 6.45) is 0. The van der Waals surface area contributed by atoms with Gasteiger partial charge in [0.1, 0.15) is 0 Å². The summed E-state index contributed by atoms with van der Waals surface area (Å²) >= 11 is -17.5. The van der Waals surface area contributed by atoms with E-state index in [1.54, 1.807) is 0 Å². The van der Waals surface area contributed by atoms with Crippen LogP contribution >= 0.6 is 0 Å². The van der Waals surface area contributed by atoms with E-state index in [1.165, 1.54) is 29.4 Å². The van der Waals surface area contributed by atoms with Crippen molar-refractivity contribution in [2.24, 2.45) is 0 Å². The predicted molar refractivity (Wildman–Crippen MR) is 195 cm³/mol. The summed E-state index contributed by atoms with van der Waals surface area (Å²) in [6, 6.07) is 0. The van der Waals surface area contributed by atoms with E-state index >= 15 is 0 Å². The summed E-state index contributed by atoms with van der Waals surface area (Å²) < 4.78 is 61.8. The first-order chi connectivity index (χ1) is 30.5. The second kappa shape index (κ2) is 24.1. The van der Waals surface area contributed by atoms with Gasteiger partial charge in [-0.3, -0.25) is 0 Å². The van der Waals surface area contributed by atoms with E-state index in [9.17, 15) is 57.5 Å². The molecule has 8 aliphatic heterocycles. The fourth-order valence-electron chi connectivity index (χ4n) is 5.89. The summed E-state index contributed by atoms with van der Waals surface area (Å²) in [4.78, 5) is 158. The van der Waals surface area contributed by atoms with Gasteiger partial charge in [0.05, 0.1) is 0 Å². The van der Waals surface area contributed by atoms with Crippen molar-refractivity contribution < 1.29 is 91.3 Å². The molecule has 8 heterocycles. The average Bonchev–Trinajstić information content (AvgIpc) is 3.21. The third kappa shape index (κ3) is 17.0. The molecule has 8 saturated heterocycles. The molecule has 8 rings (SSSR count). The number of hydrogen-bond donors (Lipinski definition) is 0. The quantitative estimate of drug-likeness (QED) is 0.194. The van der Waals surface area contributed by atoms with Gasteiger partial charge in [-0.2, -0.15) is 0 Å². The number of hydrogen-bond acceptors (Lipinski definition) is 30. The number of nitrogens with zero attached hydrogens (tertiary/aromatic N) is 6. The van der Waals surface area contributed by atoms with Crippen LogP contribution in [-0.2, 0) is 91.3 Å². The summed E-state index contributed by atoms with van der Waals surface area (Å²) in [5.41, 5.74) is 0. The maximum atomic E-state index is 12.9. The Balaban J connectivity index is 0.934. The number of fused-ring (bicyclic) bond motifs is 18. The first kappa shape index (κ1) is 50.3. The Morgan fingerprint density at radius 3 is 0.906 bits per heavy atom. The van der Waals surface area contributed by atoms with Gasteiger partial charge >= 0.3 is 402 Å². The summed E-state index contributed by atoms with van der Waals surface area (Å²) in [5.74, 6) is -10.4. The van der Waals surface area contributed by atoms with Gasteiger partial charge < -0.3 is 0 Å². The molecule has 0 aromatic carbocycles. The van der Waals surface area contributed by atoms with E-state index in [0.29, 0.717) is 0 Å². The second-order valence-electron chi connectivity index (χ2n) is 13.7. The van der Waals surface area contributed by atoms with Crippen LogP contribution in [0.15, 0.2) is 0 Å². The Morgan fingerprint density at radius 1 is 0.359 bits per heavy atom. The zero-order valence-electron chi connectivity index (χ0n) is 33.0. The molecular formula is C30H36Bi4N6O24. The first-order valence-electron chi connectivity index (χ1n) is 18.5. The van der Waals surface area contributed by atoms with E-state index in [1.807, 2.05) is 0 Å². The van der Waals surface area contributed by atoms with Crippen molar-refractivity contribution in [1.29, 1.82) is 0 Å². The van der Waals surface area contributed by atoms with E-state index in [-0.39, 0.29) is 65.4 Å². The van der Waals surface area contributed by atoms with Gasteiger partial charge in [-0.15, -0.1) is 0 Å². The van der Waals surface area contributed by atoms with E-state index in [0.717, 1.165) is 0 Å². The molecule has 0 aromatic rings. The third-order valence-corrected chi connectivity index (χ3v) is 25.0. The standard InChI is InChI=1S/3C10H16N2O8.4Bi/c3*13-7(14)3-11(4-8(15)16)1-2-12(5-9(17)18)6-10(19)20;;;;/h3*1-6H2,(H,13,14)(H,15,16)(H,17,18)(H,19,20);;;;/q;;;4*+3/p-12. The van der Waals surface area contributed by atoms with Crippen LogP contribution in [0.3, 0.4) is 0 Å². The van der Waals surface area contributed by atoms with Crippen LogP contribution in [0.5, 0.6) is 0 Å². The van der Waals surface area contributed by atoms with E-state index in [4.69, 9.17) is 33.8 Å². The molecule has 0 spiro atoms. The Hall–Kier alpha value is -3.07. The van der Waals surface area contributed by atoms with Crippen molar-refractivity contribution >= 4 is 164 Å². The van der Waals surface area contributed by atoms with Crippen molar-refractivity contribution in [2.75, 3.05) is 118 Å². The molecule has 0 N–H and O–H groups in total. The molecule has 0 radical (unpaired) electrons. The Labute approximate surface area is 398 Å². The van der Waals surface area contributed by atoms with Gasteiger partial charge in [-0.1, -0.05) is 0 Å². The number of carbonyl (C=O) groups excluding carboxylic acids is 12. The zero-order chi connectivity index (χ0) is 45.9. The van der Waals surface area contributed by atoms with Crippen molar-refractivity contribution in [3.8, 4) is 0 Å². The Bertz CT molecular complexity index is 1700. The van der Waals surface area contributed by atoms with Crippen LogP contribution in [0.4, 0.5) is 0 Å². The zero-order valence-corrected chi connectivity index (χ0v) is 46.9. The van der Waals surface area contributed by atoms with Gasteiger partial charge in [-0.25, -0.2) is 0 Å². The molecule has 0 amide bonds. The van der Waals surface area contributed by atoms with Crippen LogP contribution in [0, 0.1) is 0 Å². The van der Waals surface area contributed by atoms with Crippen LogP contribution in [0.1, 0.15) is 0 Å². The molecule has 4 bridgehead atoms. The molecule has 0 aliphatic carbocycles. The van der Waals surface area contributed by atoms with Crippen LogP contribution < -0.4 is 0 Å². The molecule has 0 unspecified atom stereocenters. The van der Waals surface area contributed by atoms with Gasteiger partial charge in [0.15, 0.2) is 0 Å². The van der Waals surface area contributed by atoms with Gasteiger partial charge in [0, 0.05) is 0 Å². The molecule has 8 aliphatic rings. The fourth-order valence-corrected chi connectivity index (χ4v) is 18.1. The van der Waals surface area contributed by atoms with Crippen molar-refractivity contribution in [1.82, 2.24) is 29.4 Å². The summed E-state index contributed by atoms with van der Waals surface area (Å²) in [5, 5.41) is 0. The van der Waals surface area contributed by atoms with Gasteiger partial charge in [-0.05, 0) is 0 Å². The molecule has 350 valence electrons. The SMILES string of the molecule is O=C(CN1CCN2CC(=O)[O][Bi]([O]C(=O)C2)[O]C(=O)C1)[O][Bi]1[O]C(=O)CN(CCN2CC(=O)[O][Bi]([O]C(=O)CN3CCN4CC(=O)[O][Bi]([O]C(=O)C4)[O]C(=O)C3)[O]C(=O)C2)CC(=O)[O]1. The minimum absolute atomic E-state index is 0.0198. The predicted octanol–water partition coefficient (Wildman–Crippen LogP) is -8.66. The Kier molecular flexibility index (Phi) is 19.0. The monoisotopic (exact) mass is 1700 g/mol. The van der Waals surface area contributed by atoms with Crippen LogP contribution in [0.25, 0.3) is 0 Å². The molecule has 8 fully saturated rings. The fraction of sp³-hybridized carbons (Fsp3) is 0.600. The van der Waals surface area contributed by atoms with Crippen molar-refractivity contribution in [2.45, 2.75) is 0 Å². The summed E-state index contributed by atoms with van der Waals surface area (Å²) in [6.45, 7) is -5.26. The average molecular weight is 1700 g/mol. The number of carbonyl (C=O) groups is 12. The number of rotatable bonds is 9. The molecule has 0 atom stereocenters. The molecule has 0 aromatic heterocycles. The second-order valence-corrected chi connectivity index (χ2v) is 29.2. The van der Waals surface area contributed by atoms with Crippen molar-refractivity contribution in [3.63, 3.8) is 0 Å². The molecule has 64 heavy (non-hydrogen) atoms.